The summed E-state index contributed by atoms with van der Waals surface area (Å²) in [6.45, 7) is 18.4. The molecule has 0 unspecified atom stereocenters. The van der Waals surface area contributed by atoms with Gasteiger partial charge in [0.1, 0.15) is 5.82 Å². The molecule has 0 aliphatic heterocycles. The molecule has 1 aromatic heterocycles. The number of hydrogen-bond donors (Lipinski definition) is 0. The summed E-state index contributed by atoms with van der Waals surface area (Å²) >= 11 is 0. The van der Waals surface area contributed by atoms with Crippen LogP contribution in [0.15, 0.2) is 54.9 Å². The first-order valence-electron chi connectivity index (χ1n) is 10.9. The first kappa shape index (κ1) is 21.4. The van der Waals surface area contributed by atoms with E-state index in [0.717, 1.165) is 5.82 Å². The van der Waals surface area contributed by atoms with E-state index in [2.05, 4.69) is 109 Å². The Labute approximate surface area is 177 Å². The molecule has 2 heteroatoms. The number of hydrogen-bond acceptors (Lipinski definition) is 1. The Kier molecular flexibility index (Phi) is 6.03. The Hall–Kier alpha value is -2.35. The molecule has 0 spiro atoms. The van der Waals surface area contributed by atoms with Crippen LogP contribution in [0.2, 0.25) is 0 Å². The highest BCUT2D eigenvalue weighted by Gasteiger charge is 2.29. The number of aromatic nitrogens is 2. The molecule has 0 fully saturated rings. The molecule has 0 N–H and O–H groups in total. The van der Waals surface area contributed by atoms with Crippen LogP contribution in [0.4, 0.5) is 0 Å². The van der Waals surface area contributed by atoms with Gasteiger partial charge in [0.05, 0.1) is 5.69 Å². The van der Waals surface area contributed by atoms with Crippen molar-refractivity contribution < 1.29 is 0 Å². The monoisotopic (exact) mass is 388 g/mol. The molecule has 2 nitrogen and oxygen atoms in total. The van der Waals surface area contributed by atoms with Crippen molar-refractivity contribution in [2.24, 2.45) is 5.92 Å². The minimum Gasteiger partial charge on any atom is -0.299 e. The number of para-hydroxylation sites is 1. The van der Waals surface area contributed by atoms with E-state index in [4.69, 9.17) is 4.98 Å². The first-order chi connectivity index (χ1) is 13.7. The number of nitrogens with zero attached hydrogens (tertiary/aromatic N) is 2. The third-order valence-electron chi connectivity index (χ3n) is 6.53. The third kappa shape index (κ3) is 3.90. The minimum absolute atomic E-state index is 0.0613. The second-order valence-corrected chi connectivity index (χ2v) is 9.64. The Bertz CT molecular complexity index is 947. The SMILES string of the molecule is CC(C)c1cccc(C(C)C)c1-n1ccnc1-c1ccccc1C(C)(C)C(C)C. The van der Waals surface area contributed by atoms with Gasteiger partial charge in [-0.2, -0.15) is 0 Å². The van der Waals surface area contributed by atoms with E-state index >= 15 is 0 Å². The smallest absolute Gasteiger partial charge is 0.144 e. The largest absolute Gasteiger partial charge is 0.299 e. The zero-order valence-corrected chi connectivity index (χ0v) is 19.3. The predicted octanol–water partition coefficient (Wildman–Crippen LogP) is 7.72. The van der Waals surface area contributed by atoms with Gasteiger partial charge in [0.15, 0.2) is 0 Å². The normalized spacial score (nSPS) is 12.4. The Balaban J connectivity index is 2.30. The highest BCUT2D eigenvalue weighted by molar-refractivity contribution is 5.67. The summed E-state index contributed by atoms with van der Waals surface area (Å²) in [5.74, 6) is 2.45. The molecule has 0 aliphatic carbocycles. The van der Waals surface area contributed by atoms with Crippen LogP contribution in [0.5, 0.6) is 0 Å². The lowest BCUT2D eigenvalue weighted by Gasteiger charge is -2.32. The van der Waals surface area contributed by atoms with Gasteiger partial charge >= 0.3 is 0 Å². The van der Waals surface area contributed by atoms with Crippen molar-refractivity contribution in [2.45, 2.75) is 72.6 Å². The summed E-state index contributed by atoms with van der Waals surface area (Å²) in [5.41, 5.74) is 6.68. The summed E-state index contributed by atoms with van der Waals surface area (Å²) in [5, 5.41) is 0. The standard InChI is InChI=1S/C27H36N2/c1-18(2)21-13-11-14-22(19(3)4)25(21)29-17-16-28-26(29)23-12-9-10-15-24(23)27(7,8)20(5)6/h9-20H,1-8H3. The van der Waals surface area contributed by atoms with Crippen molar-refractivity contribution in [3.63, 3.8) is 0 Å². The van der Waals surface area contributed by atoms with Crippen molar-refractivity contribution in [3.8, 4) is 17.1 Å². The van der Waals surface area contributed by atoms with Crippen molar-refractivity contribution >= 4 is 0 Å². The second-order valence-electron chi connectivity index (χ2n) is 9.64. The Morgan fingerprint density at radius 3 is 1.93 bits per heavy atom. The van der Waals surface area contributed by atoms with E-state index in [1.54, 1.807) is 0 Å². The zero-order valence-electron chi connectivity index (χ0n) is 19.3. The van der Waals surface area contributed by atoms with E-state index in [1.165, 1.54) is 27.9 Å². The van der Waals surface area contributed by atoms with Gasteiger partial charge in [0, 0.05) is 18.0 Å². The summed E-state index contributed by atoms with van der Waals surface area (Å²) in [6, 6.07) is 15.5. The maximum atomic E-state index is 4.86. The highest BCUT2D eigenvalue weighted by Crippen LogP contribution is 2.39. The van der Waals surface area contributed by atoms with Crippen molar-refractivity contribution in [1.29, 1.82) is 0 Å². The average Bonchev–Trinajstić information content (AvgIpc) is 3.16. The fraction of sp³-hybridized carbons (Fsp3) is 0.444. The molecular weight excluding hydrogens is 352 g/mol. The van der Waals surface area contributed by atoms with Gasteiger partial charge in [-0.1, -0.05) is 97.9 Å². The van der Waals surface area contributed by atoms with E-state index in [0.29, 0.717) is 17.8 Å². The van der Waals surface area contributed by atoms with E-state index in [9.17, 15) is 0 Å². The summed E-state index contributed by atoms with van der Waals surface area (Å²) in [7, 11) is 0. The van der Waals surface area contributed by atoms with Gasteiger partial charge in [-0.05, 0) is 39.9 Å². The van der Waals surface area contributed by atoms with Crippen LogP contribution in [0, 0.1) is 5.92 Å². The Morgan fingerprint density at radius 2 is 1.38 bits per heavy atom. The van der Waals surface area contributed by atoms with Crippen LogP contribution in [-0.2, 0) is 5.41 Å². The number of rotatable bonds is 6. The number of imidazole rings is 1. The highest BCUT2D eigenvalue weighted by atomic mass is 15.1. The molecule has 0 amide bonds. The van der Waals surface area contributed by atoms with Crippen molar-refractivity contribution in [3.05, 3.63) is 71.5 Å². The van der Waals surface area contributed by atoms with Gasteiger partial charge in [-0.15, -0.1) is 0 Å². The molecule has 0 bridgehead atoms. The van der Waals surface area contributed by atoms with E-state index in [1.807, 2.05) is 6.20 Å². The summed E-state index contributed by atoms with van der Waals surface area (Å²) < 4.78 is 2.32. The molecular formula is C27H36N2. The van der Waals surface area contributed by atoms with Gasteiger partial charge in [-0.25, -0.2) is 4.98 Å². The lowest BCUT2D eigenvalue weighted by molar-refractivity contribution is 0.373. The molecule has 0 atom stereocenters. The van der Waals surface area contributed by atoms with Crippen LogP contribution in [-0.4, -0.2) is 9.55 Å². The van der Waals surface area contributed by atoms with Gasteiger partial charge in [-0.3, -0.25) is 4.57 Å². The molecule has 0 saturated carbocycles. The van der Waals surface area contributed by atoms with Crippen LogP contribution < -0.4 is 0 Å². The topological polar surface area (TPSA) is 17.8 Å². The molecule has 29 heavy (non-hydrogen) atoms. The molecule has 2 aromatic carbocycles. The number of benzene rings is 2. The van der Waals surface area contributed by atoms with E-state index < -0.39 is 0 Å². The second kappa shape index (κ2) is 8.18. The van der Waals surface area contributed by atoms with Crippen LogP contribution >= 0.6 is 0 Å². The first-order valence-corrected chi connectivity index (χ1v) is 10.9. The molecule has 3 rings (SSSR count). The van der Waals surface area contributed by atoms with E-state index in [-0.39, 0.29) is 5.41 Å². The minimum atomic E-state index is 0.0613. The maximum absolute atomic E-state index is 4.86. The fourth-order valence-corrected chi connectivity index (χ4v) is 4.02. The molecule has 0 saturated heterocycles. The third-order valence-corrected chi connectivity index (χ3v) is 6.53. The van der Waals surface area contributed by atoms with Crippen molar-refractivity contribution in [1.82, 2.24) is 9.55 Å². The quantitative estimate of drug-likeness (QED) is 0.422. The van der Waals surface area contributed by atoms with Gasteiger partial charge in [0.25, 0.3) is 0 Å². The predicted molar refractivity (Wildman–Crippen MR) is 125 cm³/mol. The zero-order chi connectivity index (χ0) is 21.3. The molecule has 0 aliphatic rings. The van der Waals surface area contributed by atoms with Gasteiger partial charge in [0.2, 0.25) is 0 Å². The summed E-state index contributed by atoms with van der Waals surface area (Å²) in [4.78, 5) is 4.86. The molecule has 1 heterocycles. The molecule has 3 aromatic rings. The lowest BCUT2D eigenvalue weighted by Crippen LogP contribution is -2.25. The fourth-order valence-electron chi connectivity index (χ4n) is 4.02. The summed E-state index contributed by atoms with van der Waals surface area (Å²) in [6.07, 6.45) is 4.07. The maximum Gasteiger partial charge on any atom is 0.144 e. The molecule has 0 radical (unpaired) electrons. The van der Waals surface area contributed by atoms with Crippen LogP contribution in [0.3, 0.4) is 0 Å². The van der Waals surface area contributed by atoms with Crippen LogP contribution in [0.25, 0.3) is 17.1 Å². The van der Waals surface area contributed by atoms with Crippen LogP contribution in [0.1, 0.15) is 83.9 Å². The average molecular weight is 389 g/mol. The van der Waals surface area contributed by atoms with Crippen molar-refractivity contribution in [2.75, 3.05) is 0 Å². The van der Waals surface area contributed by atoms with Gasteiger partial charge < -0.3 is 0 Å². The lowest BCUT2D eigenvalue weighted by atomic mass is 9.73. The Morgan fingerprint density at radius 1 is 0.793 bits per heavy atom. The molecule has 154 valence electrons.